The van der Waals surface area contributed by atoms with Crippen LogP contribution in [0.5, 0.6) is 11.5 Å². The summed E-state index contributed by atoms with van der Waals surface area (Å²) in [5, 5.41) is 14.1. The van der Waals surface area contributed by atoms with Crippen molar-refractivity contribution in [2.45, 2.75) is 6.54 Å². The van der Waals surface area contributed by atoms with Gasteiger partial charge in [0.25, 0.3) is 5.69 Å². The molecule has 0 unspecified atom stereocenters. The molecule has 1 N–H and O–H groups in total. The summed E-state index contributed by atoms with van der Waals surface area (Å²) in [6.07, 6.45) is 0. The smallest absolute Gasteiger partial charge is 0.292 e. The van der Waals surface area contributed by atoms with E-state index in [2.05, 4.69) is 5.32 Å². The number of rotatable bonds is 6. The van der Waals surface area contributed by atoms with E-state index >= 15 is 0 Å². The summed E-state index contributed by atoms with van der Waals surface area (Å²) in [4.78, 5) is 10.6. The molecule has 0 aliphatic rings. The van der Waals surface area contributed by atoms with Gasteiger partial charge in [-0.15, -0.1) is 0 Å². The predicted octanol–water partition coefficient (Wildman–Crippen LogP) is 3.22. The zero-order valence-corrected chi connectivity index (χ0v) is 11.8. The number of anilines is 1. The summed E-state index contributed by atoms with van der Waals surface area (Å²) >= 11 is 0. The number of hydrogen-bond donors (Lipinski definition) is 1. The molecule has 0 aliphatic carbocycles. The lowest BCUT2D eigenvalue weighted by Gasteiger charge is -2.09. The van der Waals surface area contributed by atoms with Crippen LogP contribution in [0.15, 0.2) is 42.5 Å². The van der Waals surface area contributed by atoms with Crippen molar-refractivity contribution in [1.82, 2.24) is 0 Å². The highest BCUT2D eigenvalue weighted by molar-refractivity contribution is 5.64. The third-order valence-electron chi connectivity index (χ3n) is 3.02. The number of nitro groups is 1. The molecule has 0 radical (unpaired) electrons. The van der Waals surface area contributed by atoms with E-state index < -0.39 is 4.92 Å². The molecular formula is C15H16N2O4. The van der Waals surface area contributed by atoms with Crippen LogP contribution in [-0.4, -0.2) is 19.1 Å². The Morgan fingerprint density at radius 1 is 1.10 bits per heavy atom. The van der Waals surface area contributed by atoms with Gasteiger partial charge in [0.15, 0.2) is 0 Å². The summed E-state index contributed by atoms with van der Waals surface area (Å²) in [6, 6.07) is 12.1. The second-order valence-electron chi connectivity index (χ2n) is 4.35. The lowest BCUT2D eigenvalue weighted by Crippen LogP contribution is -2.03. The average molecular weight is 288 g/mol. The lowest BCUT2D eigenvalue weighted by molar-refractivity contribution is -0.384. The van der Waals surface area contributed by atoms with Gasteiger partial charge in [-0.3, -0.25) is 10.1 Å². The number of ether oxygens (including phenoxy) is 2. The molecule has 0 bridgehead atoms. The fourth-order valence-electron chi connectivity index (χ4n) is 1.92. The zero-order chi connectivity index (χ0) is 15.2. The number of nitro benzene ring substituents is 1. The second-order valence-corrected chi connectivity index (χ2v) is 4.35. The van der Waals surface area contributed by atoms with E-state index in [4.69, 9.17) is 9.47 Å². The standard InChI is InChI=1S/C15H16N2O4/c1-20-12-5-3-4-11(8-12)10-16-14-9-13(21-2)6-7-15(14)17(18)19/h3-9,16H,10H2,1-2H3. The fourth-order valence-corrected chi connectivity index (χ4v) is 1.92. The van der Waals surface area contributed by atoms with Crippen molar-refractivity contribution < 1.29 is 14.4 Å². The van der Waals surface area contributed by atoms with Gasteiger partial charge < -0.3 is 14.8 Å². The van der Waals surface area contributed by atoms with Crippen LogP contribution >= 0.6 is 0 Å². The monoisotopic (exact) mass is 288 g/mol. The molecule has 0 aromatic heterocycles. The number of methoxy groups -OCH3 is 2. The Morgan fingerprint density at radius 2 is 1.81 bits per heavy atom. The van der Waals surface area contributed by atoms with Gasteiger partial charge in [0.05, 0.1) is 19.1 Å². The molecule has 6 nitrogen and oxygen atoms in total. The fraction of sp³-hybridized carbons (Fsp3) is 0.200. The summed E-state index contributed by atoms with van der Waals surface area (Å²) in [5.41, 5.74) is 1.40. The average Bonchev–Trinajstić information content (AvgIpc) is 2.52. The molecule has 0 amide bonds. The maximum absolute atomic E-state index is 11.0. The van der Waals surface area contributed by atoms with Gasteiger partial charge in [0.1, 0.15) is 17.2 Å². The van der Waals surface area contributed by atoms with E-state index in [0.29, 0.717) is 18.0 Å². The first-order valence-electron chi connectivity index (χ1n) is 6.33. The minimum absolute atomic E-state index is 0.0127. The number of benzene rings is 2. The third-order valence-corrected chi connectivity index (χ3v) is 3.02. The molecule has 0 spiro atoms. The molecule has 0 atom stereocenters. The normalized spacial score (nSPS) is 10.0. The Hall–Kier alpha value is -2.76. The van der Waals surface area contributed by atoms with Crippen molar-refractivity contribution in [3.63, 3.8) is 0 Å². The van der Waals surface area contributed by atoms with E-state index in [9.17, 15) is 10.1 Å². The van der Waals surface area contributed by atoms with Crippen LogP contribution in [-0.2, 0) is 6.54 Å². The minimum Gasteiger partial charge on any atom is -0.497 e. The van der Waals surface area contributed by atoms with Crippen LogP contribution < -0.4 is 14.8 Å². The number of nitrogens with one attached hydrogen (secondary N) is 1. The Kier molecular flexibility index (Phi) is 4.61. The van der Waals surface area contributed by atoms with E-state index in [1.165, 1.54) is 13.2 Å². The van der Waals surface area contributed by atoms with Crippen LogP contribution in [0.25, 0.3) is 0 Å². The van der Waals surface area contributed by atoms with Gasteiger partial charge in [-0.1, -0.05) is 12.1 Å². The molecular weight excluding hydrogens is 272 g/mol. The van der Waals surface area contributed by atoms with E-state index in [0.717, 1.165) is 11.3 Å². The molecule has 0 saturated carbocycles. The van der Waals surface area contributed by atoms with Gasteiger partial charge in [-0.25, -0.2) is 0 Å². The highest BCUT2D eigenvalue weighted by Gasteiger charge is 2.14. The molecule has 2 rings (SSSR count). The highest BCUT2D eigenvalue weighted by atomic mass is 16.6. The van der Waals surface area contributed by atoms with E-state index in [-0.39, 0.29) is 5.69 Å². The van der Waals surface area contributed by atoms with Crippen molar-refractivity contribution in [2.24, 2.45) is 0 Å². The van der Waals surface area contributed by atoms with E-state index in [1.54, 1.807) is 19.2 Å². The summed E-state index contributed by atoms with van der Waals surface area (Å²) in [7, 11) is 3.12. The van der Waals surface area contributed by atoms with Crippen LogP contribution in [0.2, 0.25) is 0 Å². The first kappa shape index (κ1) is 14.6. The largest absolute Gasteiger partial charge is 0.497 e. The maximum Gasteiger partial charge on any atom is 0.292 e. The molecule has 2 aromatic rings. The van der Waals surface area contributed by atoms with Gasteiger partial charge in [0.2, 0.25) is 0 Å². The van der Waals surface area contributed by atoms with E-state index in [1.807, 2.05) is 24.3 Å². The highest BCUT2D eigenvalue weighted by Crippen LogP contribution is 2.29. The number of nitrogens with zero attached hydrogens (tertiary/aromatic N) is 1. The van der Waals surface area contributed by atoms with Crippen molar-refractivity contribution in [3.05, 3.63) is 58.1 Å². The Morgan fingerprint density at radius 3 is 2.48 bits per heavy atom. The topological polar surface area (TPSA) is 73.6 Å². The summed E-state index contributed by atoms with van der Waals surface area (Å²) in [5.74, 6) is 1.31. The SMILES string of the molecule is COc1cccc(CNc2cc(OC)ccc2[N+](=O)[O-])c1. The van der Waals surface area contributed by atoms with Crippen LogP contribution in [0.4, 0.5) is 11.4 Å². The molecule has 6 heteroatoms. The quantitative estimate of drug-likeness (QED) is 0.652. The molecule has 0 saturated heterocycles. The molecule has 2 aromatic carbocycles. The summed E-state index contributed by atoms with van der Waals surface area (Å²) in [6.45, 7) is 0.450. The Bertz CT molecular complexity index is 643. The first-order chi connectivity index (χ1) is 10.1. The van der Waals surface area contributed by atoms with Gasteiger partial charge in [-0.05, 0) is 23.8 Å². The van der Waals surface area contributed by atoms with Crippen LogP contribution in [0.3, 0.4) is 0 Å². The molecule has 0 aliphatic heterocycles. The second kappa shape index (κ2) is 6.60. The molecule has 0 fully saturated rings. The maximum atomic E-state index is 11.0. The van der Waals surface area contributed by atoms with Gasteiger partial charge in [-0.2, -0.15) is 0 Å². The minimum atomic E-state index is -0.423. The Balaban J connectivity index is 2.19. The third kappa shape index (κ3) is 3.62. The zero-order valence-electron chi connectivity index (χ0n) is 11.8. The molecule has 21 heavy (non-hydrogen) atoms. The summed E-state index contributed by atoms with van der Waals surface area (Å²) < 4.78 is 10.2. The Labute approximate surface area is 122 Å². The van der Waals surface area contributed by atoms with Gasteiger partial charge in [0, 0.05) is 18.7 Å². The molecule has 0 heterocycles. The van der Waals surface area contributed by atoms with Crippen molar-refractivity contribution >= 4 is 11.4 Å². The van der Waals surface area contributed by atoms with Crippen molar-refractivity contribution in [1.29, 1.82) is 0 Å². The molecule has 110 valence electrons. The number of hydrogen-bond acceptors (Lipinski definition) is 5. The lowest BCUT2D eigenvalue weighted by atomic mass is 10.2. The first-order valence-corrected chi connectivity index (χ1v) is 6.33. The van der Waals surface area contributed by atoms with Crippen molar-refractivity contribution in [3.8, 4) is 11.5 Å². The van der Waals surface area contributed by atoms with Crippen LogP contribution in [0, 0.1) is 10.1 Å². The predicted molar refractivity (Wildman–Crippen MR) is 80.0 cm³/mol. The van der Waals surface area contributed by atoms with Gasteiger partial charge >= 0.3 is 0 Å². The van der Waals surface area contributed by atoms with Crippen molar-refractivity contribution in [2.75, 3.05) is 19.5 Å². The van der Waals surface area contributed by atoms with Crippen LogP contribution in [0.1, 0.15) is 5.56 Å².